The van der Waals surface area contributed by atoms with Crippen LogP contribution in [-0.2, 0) is 10.0 Å². The van der Waals surface area contributed by atoms with Crippen molar-refractivity contribution in [2.24, 2.45) is 0 Å². The van der Waals surface area contributed by atoms with Gasteiger partial charge in [0.25, 0.3) is 10.0 Å². The Kier molecular flexibility index (Phi) is 4.22. The van der Waals surface area contributed by atoms with Gasteiger partial charge in [-0.25, -0.2) is 18.1 Å². The van der Waals surface area contributed by atoms with E-state index in [0.717, 1.165) is 13.7 Å². The summed E-state index contributed by atoms with van der Waals surface area (Å²) in [6, 6.07) is 2.98. The third-order valence-electron chi connectivity index (χ3n) is 2.15. The second-order valence-corrected chi connectivity index (χ2v) is 9.38. The summed E-state index contributed by atoms with van der Waals surface area (Å²) in [6.45, 7) is 3.73. The van der Waals surface area contributed by atoms with Crippen LogP contribution in [0, 0.1) is 6.92 Å². The van der Waals surface area contributed by atoms with Crippen LogP contribution < -0.4 is 4.72 Å². The van der Waals surface area contributed by atoms with Crippen LogP contribution in [0.15, 0.2) is 26.3 Å². The molecular formula is C10H11BrN2O2S3. The lowest BCUT2D eigenvalue weighted by Gasteiger charge is -2.10. The van der Waals surface area contributed by atoms with Gasteiger partial charge in [-0.2, -0.15) is 0 Å². The van der Waals surface area contributed by atoms with Gasteiger partial charge in [0, 0.05) is 11.1 Å². The minimum absolute atomic E-state index is 0.300. The number of hydrogen-bond acceptors (Lipinski definition) is 5. The van der Waals surface area contributed by atoms with Gasteiger partial charge in [0.15, 0.2) is 0 Å². The minimum Gasteiger partial charge on any atom is -0.248 e. The second kappa shape index (κ2) is 5.38. The topological polar surface area (TPSA) is 59.1 Å². The van der Waals surface area contributed by atoms with Crippen molar-refractivity contribution >= 4 is 48.6 Å². The molecule has 0 radical (unpaired) electrons. The van der Waals surface area contributed by atoms with E-state index in [-0.39, 0.29) is 6.04 Å². The number of aryl methyl sites for hydroxylation is 1. The summed E-state index contributed by atoms with van der Waals surface area (Å²) >= 11 is 5.93. The zero-order valence-electron chi connectivity index (χ0n) is 9.68. The van der Waals surface area contributed by atoms with E-state index in [0.29, 0.717) is 4.21 Å². The lowest BCUT2D eigenvalue weighted by molar-refractivity contribution is 0.568. The third kappa shape index (κ3) is 3.18. The van der Waals surface area contributed by atoms with E-state index in [1.165, 1.54) is 22.7 Å². The van der Waals surface area contributed by atoms with Crippen molar-refractivity contribution in [1.29, 1.82) is 0 Å². The van der Waals surface area contributed by atoms with E-state index in [1.54, 1.807) is 25.3 Å². The van der Waals surface area contributed by atoms with Crippen LogP contribution in [0.3, 0.4) is 0 Å². The van der Waals surface area contributed by atoms with Gasteiger partial charge < -0.3 is 0 Å². The second-order valence-electron chi connectivity index (χ2n) is 3.71. The van der Waals surface area contributed by atoms with Crippen molar-refractivity contribution in [1.82, 2.24) is 9.71 Å². The van der Waals surface area contributed by atoms with E-state index in [9.17, 15) is 8.42 Å². The highest BCUT2D eigenvalue weighted by Gasteiger charge is 2.21. The van der Waals surface area contributed by atoms with Crippen LogP contribution in [0.5, 0.6) is 0 Å². The van der Waals surface area contributed by atoms with E-state index in [1.807, 2.05) is 6.92 Å². The summed E-state index contributed by atoms with van der Waals surface area (Å²) in [5.41, 5.74) is 0. The molecule has 0 saturated heterocycles. The first-order valence-corrected chi connectivity index (χ1v) is 8.99. The Morgan fingerprint density at radius 1 is 1.39 bits per heavy atom. The van der Waals surface area contributed by atoms with E-state index in [4.69, 9.17) is 0 Å². The number of sulfonamides is 1. The van der Waals surface area contributed by atoms with Crippen LogP contribution in [0.25, 0.3) is 0 Å². The summed E-state index contributed by atoms with van der Waals surface area (Å²) in [6.07, 6.45) is 1.74. The zero-order chi connectivity index (χ0) is 13.3. The number of thiazole rings is 1. The molecule has 8 heteroatoms. The Morgan fingerprint density at radius 3 is 2.61 bits per heavy atom. The maximum atomic E-state index is 12.1. The van der Waals surface area contributed by atoms with E-state index < -0.39 is 10.0 Å². The average Bonchev–Trinajstić information content (AvgIpc) is 2.86. The Labute approximate surface area is 122 Å². The van der Waals surface area contributed by atoms with Gasteiger partial charge >= 0.3 is 0 Å². The fourth-order valence-electron chi connectivity index (χ4n) is 1.36. The van der Waals surface area contributed by atoms with Crippen molar-refractivity contribution in [3.8, 4) is 0 Å². The number of halogens is 1. The van der Waals surface area contributed by atoms with Gasteiger partial charge in [-0.3, -0.25) is 0 Å². The van der Waals surface area contributed by atoms with Crippen LogP contribution in [0.4, 0.5) is 0 Å². The summed E-state index contributed by atoms with van der Waals surface area (Å²) < 4.78 is 27.9. The van der Waals surface area contributed by atoms with Crippen molar-refractivity contribution < 1.29 is 8.42 Å². The molecule has 0 aliphatic heterocycles. The van der Waals surface area contributed by atoms with E-state index >= 15 is 0 Å². The van der Waals surface area contributed by atoms with Crippen molar-refractivity contribution in [2.75, 3.05) is 0 Å². The molecule has 2 aromatic rings. The fourth-order valence-corrected chi connectivity index (χ4v) is 5.44. The van der Waals surface area contributed by atoms with E-state index in [2.05, 4.69) is 25.6 Å². The van der Waals surface area contributed by atoms with Gasteiger partial charge in [0.1, 0.15) is 9.22 Å². The minimum atomic E-state index is -3.47. The van der Waals surface area contributed by atoms with Gasteiger partial charge in [-0.05, 0) is 41.9 Å². The summed E-state index contributed by atoms with van der Waals surface area (Å²) in [5, 5.41) is 0.770. The van der Waals surface area contributed by atoms with Crippen LogP contribution in [-0.4, -0.2) is 13.4 Å². The number of hydrogen-bond donors (Lipinski definition) is 1. The lowest BCUT2D eigenvalue weighted by Crippen LogP contribution is -2.26. The summed E-state index contributed by atoms with van der Waals surface area (Å²) in [4.78, 5) is 5.25. The number of rotatable bonds is 4. The smallest absolute Gasteiger partial charge is 0.248 e. The quantitative estimate of drug-likeness (QED) is 0.902. The summed E-state index contributed by atoms with van der Waals surface area (Å²) in [5.74, 6) is 0. The standard InChI is InChI=1S/C10H11BrN2O2S3/c1-6-5-12-10(16-6)7(2)13-18(14,15)9-4-3-8(11)17-9/h3-5,7,13H,1-2H3. The predicted octanol–water partition coefficient (Wildman–Crippen LogP) is 3.32. The molecule has 4 nitrogen and oxygen atoms in total. The highest BCUT2D eigenvalue weighted by molar-refractivity contribution is 9.11. The highest BCUT2D eigenvalue weighted by Crippen LogP contribution is 2.27. The van der Waals surface area contributed by atoms with Gasteiger partial charge in [-0.1, -0.05) is 0 Å². The molecule has 0 saturated carbocycles. The lowest BCUT2D eigenvalue weighted by atomic mass is 10.4. The van der Waals surface area contributed by atoms with Crippen LogP contribution in [0.2, 0.25) is 0 Å². The Bertz CT molecular complexity index is 648. The predicted molar refractivity (Wildman–Crippen MR) is 77.6 cm³/mol. The molecule has 0 amide bonds. The van der Waals surface area contributed by atoms with Crippen molar-refractivity contribution in [2.45, 2.75) is 24.1 Å². The number of nitrogens with one attached hydrogen (secondary N) is 1. The number of nitrogens with zero attached hydrogens (tertiary/aromatic N) is 1. The largest absolute Gasteiger partial charge is 0.250 e. The van der Waals surface area contributed by atoms with Crippen molar-refractivity contribution in [3.05, 3.63) is 32.0 Å². The molecule has 2 heterocycles. The number of thiophene rings is 1. The first-order chi connectivity index (χ1) is 8.38. The molecular weight excluding hydrogens is 356 g/mol. The molecule has 2 rings (SSSR count). The number of aromatic nitrogens is 1. The molecule has 0 aromatic carbocycles. The van der Waals surface area contributed by atoms with Crippen LogP contribution >= 0.6 is 38.6 Å². The first-order valence-electron chi connectivity index (χ1n) is 5.08. The monoisotopic (exact) mass is 366 g/mol. The molecule has 0 aliphatic carbocycles. The molecule has 1 unspecified atom stereocenters. The Balaban J connectivity index is 2.18. The molecule has 0 fully saturated rings. The molecule has 1 atom stereocenters. The maximum absolute atomic E-state index is 12.1. The molecule has 0 spiro atoms. The maximum Gasteiger partial charge on any atom is 0.250 e. The molecule has 98 valence electrons. The molecule has 0 aliphatic rings. The Morgan fingerprint density at radius 2 is 2.11 bits per heavy atom. The average molecular weight is 367 g/mol. The molecule has 1 N–H and O–H groups in total. The zero-order valence-corrected chi connectivity index (χ0v) is 13.7. The highest BCUT2D eigenvalue weighted by atomic mass is 79.9. The van der Waals surface area contributed by atoms with Crippen LogP contribution in [0.1, 0.15) is 22.9 Å². The van der Waals surface area contributed by atoms with Gasteiger partial charge in [0.05, 0.1) is 9.83 Å². The Hall–Kier alpha value is -0.280. The SMILES string of the molecule is Cc1cnc(C(C)NS(=O)(=O)c2ccc(Br)s2)s1. The molecule has 0 bridgehead atoms. The molecule has 18 heavy (non-hydrogen) atoms. The third-order valence-corrected chi connectivity index (χ3v) is 6.91. The fraction of sp³-hybridized carbons (Fsp3) is 0.300. The normalized spacial score (nSPS) is 13.7. The first kappa shape index (κ1) is 14.1. The summed E-state index contributed by atoms with van der Waals surface area (Å²) in [7, 11) is -3.47. The van der Waals surface area contributed by atoms with Crippen molar-refractivity contribution in [3.63, 3.8) is 0 Å². The molecule has 2 aromatic heterocycles. The van der Waals surface area contributed by atoms with Gasteiger partial charge in [0.2, 0.25) is 0 Å². The van der Waals surface area contributed by atoms with Gasteiger partial charge in [-0.15, -0.1) is 22.7 Å².